The van der Waals surface area contributed by atoms with Gasteiger partial charge in [-0.05, 0) is 36.2 Å². The van der Waals surface area contributed by atoms with Gasteiger partial charge in [-0.3, -0.25) is 9.67 Å². The Morgan fingerprint density at radius 3 is 2.51 bits per heavy atom. The van der Waals surface area contributed by atoms with Crippen LogP contribution in [0.2, 0.25) is 0 Å². The molecule has 0 bridgehead atoms. The van der Waals surface area contributed by atoms with Gasteiger partial charge in [0.25, 0.3) is 0 Å². The van der Waals surface area contributed by atoms with Crippen LogP contribution in [0, 0.1) is 28.6 Å². The van der Waals surface area contributed by atoms with Crippen LogP contribution in [0.5, 0.6) is 0 Å². The molecule has 5 heterocycles. The molecule has 1 saturated heterocycles. The maximum Gasteiger partial charge on any atom is 0.147 e. The molecule has 0 radical (unpaired) electrons. The zero-order chi connectivity index (χ0) is 24.2. The van der Waals surface area contributed by atoms with Gasteiger partial charge in [0.1, 0.15) is 18.2 Å². The van der Waals surface area contributed by atoms with Gasteiger partial charge in [0.2, 0.25) is 0 Å². The molecular weight excluding hydrogens is 440 g/mol. The molecule has 0 spiro atoms. The van der Waals surface area contributed by atoms with E-state index in [1.54, 1.807) is 27.8 Å². The number of rotatable bonds is 5. The molecule has 1 unspecified atom stereocenters. The lowest BCUT2D eigenvalue weighted by molar-refractivity contribution is -0.109. The average molecular weight is 467 g/mol. The van der Waals surface area contributed by atoms with E-state index in [0.717, 1.165) is 54.7 Å². The molecule has 0 N–H and O–H groups in total. The van der Waals surface area contributed by atoms with Crippen LogP contribution in [0.3, 0.4) is 0 Å². The van der Waals surface area contributed by atoms with Crippen molar-refractivity contribution in [1.29, 1.82) is 5.26 Å². The third-order valence-electron chi connectivity index (χ3n) is 7.67. The molecule has 6 rings (SSSR count). The fourth-order valence-electron chi connectivity index (χ4n) is 6.06. The second-order valence-electron chi connectivity index (χ2n) is 10.3. The summed E-state index contributed by atoms with van der Waals surface area (Å²) >= 11 is 0. The molecule has 0 amide bonds. The van der Waals surface area contributed by atoms with Crippen LogP contribution in [-0.4, -0.2) is 48.7 Å². The standard InChI is InChI=1S/C26H26N8O/c1-26(3-4-35)6-18-14-33(15-19(18)7-26)24-12-28-23(11-29-24)22-5-17(21-10-30-32(2)13-21)16-34-25(22)20(8-27)9-31-34/h4-5,9-13,16,18-19H,3,6-7,14-15H2,1-2H3/t18-,19+,26?. The van der Waals surface area contributed by atoms with Crippen LogP contribution in [0.15, 0.2) is 43.2 Å². The maximum atomic E-state index is 11.1. The first kappa shape index (κ1) is 21.5. The summed E-state index contributed by atoms with van der Waals surface area (Å²) in [5.41, 5.74) is 4.75. The summed E-state index contributed by atoms with van der Waals surface area (Å²) in [6.07, 6.45) is 14.8. The zero-order valence-corrected chi connectivity index (χ0v) is 19.8. The highest BCUT2D eigenvalue weighted by molar-refractivity contribution is 5.86. The monoisotopic (exact) mass is 466 g/mol. The van der Waals surface area contributed by atoms with Crippen LogP contribution in [0.25, 0.3) is 27.9 Å². The zero-order valence-electron chi connectivity index (χ0n) is 19.8. The van der Waals surface area contributed by atoms with Gasteiger partial charge in [-0.1, -0.05) is 6.92 Å². The Hall–Kier alpha value is -4.06. The minimum atomic E-state index is 0.146. The number of fused-ring (bicyclic) bond motifs is 2. The van der Waals surface area contributed by atoms with E-state index in [1.807, 2.05) is 31.7 Å². The molecular formula is C26H26N8O. The van der Waals surface area contributed by atoms with E-state index in [2.05, 4.69) is 28.1 Å². The summed E-state index contributed by atoms with van der Waals surface area (Å²) in [7, 11) is 1.88. The Morgan fingerprint density at radius 1 is 1.09 bits per heavy atom. The molecule has 2 aliphatic rings. The van der Waals surface area contributed by atoms with Crippen molar-refractivity contribution in [3.63, 3.8) is 0 Å². The molecule has 2 fully saturated rings. The first-order chi connectivity index (χ1) is 17.0. The smallest absolute Gasteiger partial charge is 0.147 e. The summed E-state index contributed by atoms with van der Waals surface area (Å²) in [6.45, 7) is 4.15. The van der Waals surface area contributed by atoms with E-state index in [4.69, 9.17) is 9.97 Å². The predicted molar refractivity (Wildman–Crippen MR) is 130 cm³/mol. The Morgan fingerprint density at radius 2 is 1.89 bits per heavy atom. The van der Waals surface area contributed by atoms with Crippen molar-refractivity contribution in [2.45, 2.75) is 26.2 Å². The highest BCUT2D eigenvalue weighted by Gasteiger charge is 2.46. The lowest BCUT2D eigenvalue weighted by Crippen LogP contribution is -2.25. The van der Waals surface area contributed by atoms with Crippen molar-refractivity contribution in [2.75, 3.05) is 18.0 Å². The number of anilines is 1. The van der Waals surface area contributed by atoms with Crippen molar-refractivity contribution in [3.05, 3.63) is 48.8 Å². The quantitative estimate of drug-likeness (QED) is 0.415. The van der Waals surface area contributed by atoms with Gasteiger partial charge in [0, 0.05) is 55.6 Å². The van der Waals surface area contributed by atoms with E-state index in [9.17, 15) is 10.1 Å². The molecule has 9 heteroatoms. The Labute approximate surface area is 203 Å². The topological polar surface area (TPSA) is 105 Å². The number of aldehydes is 1. The van der Waals surface area contributed by atoms with Gasteiger partial charge in [0.15, 0.2) is 0 Å². The van der Waals surface area contributed by atoms with E-state index in [0.29, 0.717) is 35.0 Å². The molecule has 3 atom stereocenters. The molecule has 0 aromatic carbocycles. The van der Waals surface area contributed by atoms with Gasteiger partial charge in [0.05, 0.1) is 41.6 Å². The normalized spacial score (nSPS) is 23.5. The first-order valence-corrected chi connectivity index (χ1v) is 11.9. The molecule has 4 aromatic heterocycles. The molecule has 1 saturated carbocycles. The summed E-state index contributed by atoms with van der Waals surface area (Å²) < 4.78 is 3.48. The molecule has 1 aliphatic heterocycles. The Kier molecular flexibility index (Phi) is 4.92. The predicted octanol–water partition coefficient (Wildman–Crippen LogP) is 3.50. The highest BCUT2D eigenvalue weighted by atomic mass is 16.1. The number of carbonyl (C=O) groups is 1. The summed E-state index contributed by atoms with van der Waals surface area (Å²) in [5, 5.41) is 18.3. The molecule has 176 valence electrons. The van der Waals surface area contributed by atoms with Crippen LogP contribution in [-0.2, 0) is 11.8 Å². The van der Waals surface area contributed by atoms with Crippen molar-refractivity contribution in [3.8, 4) is 28.5 Å². The van der Waals surface area contributed by atoms with E-state index >= 15 is 0 Å². The van der Waals surface area contributed by atoms with Crippen molar-refractivity contribution in [1.82, 2.24) is 29.4 Å². The van der Waals surface area contributed by atoms with Crippen LogP contribution >= 0.6 is 0 Å². The number of aromatic nitrogens is 6. The lowest BCUT2D eigenvalue weighted by atomic mass is 9.84. The third-order valence-corrected chi connectivity index (χ3v) is 7.67. The van der Waals surface area contributed by atoms with Crippen LogP contribution < -0.4 is 4.90 Å². The molecule has 9 nitrogen and oxygen atoms in total. The van der Waals surface area contributed by atoms with E-state index in [-0.39, 0.29) is 5.41 Å². The third kappa shape index (κ3) is 3.66. The van der Waals surface area contributed by atoms with Gasteiger partial charge in [-0.25, -0.2) is 9.50 Å². The van der Waals surface area contributed by atoms with E-state index in [1.165, 1.54) is 0 Å². The molecule has 1 aliphatic carbocycles. The van der Waals surface area contributed by atoms with E-state index < -0.39 is 0 Å². The Balaban J connectivity index is 1.31. The van der Waals surface area contributed by atoms with Crippen molar-refractivity contribution in [2.24, 2.45) is 24.3 Å². The number of aryl methyl sites for hydroxylation is 1. The number of nitrogens with zero attached hydrogens (tertiary/aromatic N) is 8. The average Bonchev–Trinajstić information content (AvgIpc) is 3.61. The number of pyridine rings is 1. The molecule has 4 aromatic rings. The fourth-order valence-corrected chi connectivity index (χ4v) is 6.06. The first-order valence-electron chi connectivity index (χ1n) is 11.9. The summed E-state index contributed by atoms with van der Waals surface area (Å²) in [5.74, 6) is 2.07. The minimum Gasteiger partial charge on any atom is -0.355 e. The van der Waals surface area contributed by atoms with Crippen LogP contribution in [0.1, 0.15) is 31.7 Å². The SMILES string of the molecule is Cn1cc(-c2cc(-c3cnc(N4C[C@@H]5CC(C)(CC=O)C[C@@H]5C4)cn3)c3c(C#N)cnn3c2)cn1. The Bertz CT molecular complexity index is 1450. The number of carbonyl (C=O) groups excluding carboxylic acids is 1. The lowest BCUT2D eigenvalue weighted by Gasteiger charge is -2.25. The summed E-state index contributed by atoms with van der Waals surface area (Å²) in [6, 6.07) is 4.26. The van der Waals surface area contributed by atoms with Gasteiger partial charge < -0.3 is 9.69 Å². The van der Waals surface area contributed by atoms with Gasteiger partial charge in [-0.15, -0.1) is 0 Å². The summed E-state index contributed by atoms with van der Waals surface area (Å²) in [4.78, 5) is 22.9. The minimum absolute atomic E-state index is 0.146. The highest BCUT2D eigenvalue weighted by Crippen LogP contribution is 2.50. The molecule has 35 heavy (non-hydrogen) atoms. The largest absolute Gasteiger partial charge is 0.355 e. The van der Waals surface area contributed by atoms with Gasteiger partial charge >= 0.3 is 0 Å². The number of hydrogen-bond donors (Lipinski definition) is 0. The maximum absolute atomic E-state index is 11.1. The van der Waals surface area contributed by atoms with Crippen molar-refractivity contribution < 1.29 is 4.79 Å². The fraction of sp³-hybridized carbons (Fsp3) is 0.385. The second kappa shape index (κ2) is 8.01. The number of nitriles is 1. The van der Waals surface area contributed by atoms with Gasteiger partial charge in [-0.2, -0.15) is 15.5 Å². The van der Waals surface area contributed by atoms with Crippen molar-refractivity contribution >= 4 is 17.6 Å². The second-order valence-corrected chi connectivity index (χ2v) is 10.3. The number of hydrogen-bond acceptors (Lipinski definition) is 7. The van der Waals surface area contributed by atoms with Crippen LogP contribution in [0.4, 0.5) is 5.82 Å².